The van der Waals surface area contributed by atoms with E-state index in [1.165, 1.54) is 7.11 Å². The molecule has 0 unspecified atom stereocenters. The lowest BCUT2D eigenvalue weighted by atomic mass is 10.0. The van der Waals surface area contributed by atoms with E-state index in [9.17, 15) is 4.79 Å². The van der Waals surface area contributed by atoms with Gasteiger partial charge in [-0.1, -0.05) is 0 Å². The van der Waals surface area contributed by atoms with Gasteiger partial charge in [-0.05, 0) is 12.1 Å². The Labute approximate surface area is 87.8 Å². The molecule has 15 heavy (non-hydrogen) atoms. The summed E-state index contributed by atoms with van der Waals surface area (Å²) in [5, 5.41) is 0. The van der Waals surface area contributed by atoms with E-state index in [0.717, 1.165) is 5.56 Å². The van der Waals surface area contributed by atoms with Crippen LogP contribution in [0.5, 0.6) is 11.5 Å². The summed E-state index contributed by atoms with van der Waals surface area (Å²) in [4.78, 5) is 11.6. The average Bonchev–Trinajstić information content (AvgIpc) is 2.28. The molecule has 1 heterocycles. The van der Waals surface area contributed by atoms with Crippen LogP contribution in [0.4, 0.5) is 0 Å². The second-order valence-electron chi connectivity index (χ2n) is 3.21. The number of ether oxygens (including phenoxy) is 3. The Kier molecular flexibility index (Phi) is 2.49. The highest BCUT2D eigenvalue weighted by molar-refractivity contribution is 5.96. The molecular weight excluding hydrogens is 196 g/mol. The number of hydrogen-bond donors (Lipinski definition) is 0. The molecule has 0 saturated carbocycles. The van der Waals surface area contributed by atoms with E-state index in [-0.39, 0.29) is 5.97 Å². The van der Waals surface area contributed by atoms with Gasteiger partial charge in [-0.15, -0.1) is 0 Å². The number of hydrogen-bond acceptors (Lipinski definition) is 4. The van der Waals surface area contributed by atoms with Crippen molar-refractivity contribution in [2.45, 2.75) is 6.42 Å². The van der Waals surface area contributed by atoms with E-state index < -0.39 is 0 Å². The van der Waals surface area contributed by atoms with Crippen molar-refractivity contribution in [2.75, 3.05) is 20.8 Å². The Hall–Kier alpha value is -1.71. The molecule has 4 heteroatoms. The van der Waals surface area contributed by atoms with Crippen LogP contribution in [0.25, 0.3) is 0 Å². The molecule has 0 spiro atoms. The molecule has 0 fully saturated rings. The minimum Gasteiger partial charge on any atom is -0.496 e. The van der Waals surface area contributed by atoms with Gasteiger partial charge >= 0.3 is 5.97 Å². The molecule has 0 N–H and O–H groups in total. The first-order valence-corrected chi connectivity index (χ1v) is 4.69. The first-order chi connectivity index (χ1) is 7.27. The molecule has 1 aliphatic heterocycles. The molecule has 1 aliphatic rings. The Morgan fingerprint density at radius 2 is 1.87 bits per heavy atom. The lowest BCUT2D eigenvalue weighted by Crippen LogP contribution is -2.19. The van der Waals surface area contributed by atoms with Crippen molar-refractivity contribution in [1.82, 2.24) is 0 Å². The first-order valence-electron chi connectivity index (χ1n) is 4.69. The summed E-state index contributed by atoms with van der Waals surface area (Å²) in [7, 11) is 3.12. The molecular formula is C11H12O4. The number of benzene rings is 1. The van der Waals surface area contributed by atoms with E-state index in [0.29, 0.717) is 30.1 Å². The van der Waals surface area contributed by atoms with Gasteiger partial charge in [0.1, 0.15) is 17.1 Å². The number of carbonyl (C=O) groups is 1. The zero-order chi connectivity index (χ0) is 10.8. The monoisotopic (exact) mass is 208 g/mol. The largest absolute Gasteiger partial charge is 0.496 e. The van der Waals surface area contributed by atoms with Crippen molar-refractivity contribution in [3.05, 3.63) is 23.3 Å². The maximum absolute atomic E-state index is 11.6. The summed E-state index contributed by atoms with van der Waals surface area (Å²) in [5.41, 5.74) is 1.36. The molecule has 1 aromatic carbocycles. The van der Waals surface area contributed by atoms with Crippen LogP contribution in [-0.4, -0.2) is 26.8 Å². The van der Waals surface area contributed by atoms with Gasteiger partial charge in [0, 0.05) is 12.0 Å². The van der Waals surface area contributed by atoms with Gasteiger partial charge in [0.2, 0.25) is 0 Å². The maximum atomic E-state index is 11.6. The Morgan fingerprint density at radius 3 is 2.53 bits per heavy atom. The third kappa shape index (κ3) is 1.52. The van der Waals surface area contributed by atoms with Crippen molar-refractivity contribution >= 4 is 5.97 Å². The second-order valence-corrected chi connectivity index (χ2v) is 3.21. The van der Waals surface area contributed by atoms with Crippen molar-refractivity contribution in [2.24, 2.45) is 0 Å². The van der Waals surface area contributed by atoms with Gasteiger partial charge in [-0.25, -0.2) is 4.79 Å². The van der Waals surface area contributed by atoms with Crippen molar-refractivity contribution in [3.63, 3.8) is 0 Å². The van der Waals surface area contributed by atoms with Gasteiger partial charge in [-0.2, -0.15) is 0 Å². The van der Waals surface area contributed by atoms with Crippen LogP contribution in [0.2, 0.25) is 0 Å². The summed E-state index contributed by atoms with van der Waals surface area (Å²) < 4.78 is 15.3. The third-order valence-electron chi connectivity index (χ3n) is 2.46. The first kappa shape index (κ1) is 9.83. The second kappa shape index (κ2) is 3.81. The number of carbonyl (C=O) groups excluding carboxylic acids is 1. The van der Waals surface area contributed by atoms with E-state index in [2.05, 4.69) is 0 Å². The molecule has 0 aliphatic carbocycles. The number of rotatable bonds is 2. The molecule has 0 radical (unpaired) electrons. The molecule has 4 nitrogen and oxygen atoms in total. The minimum atomic E-state index is -0.341. The SMILES string of the molecule is COc1ccc(OC)c2c1CCOC2=O. The summed E-state index contributed by atoms with van der Waals surface area (Å²) >= 11 is 0. The summed E-state index contributed by atoms with van der Waals surface area (Å²) in [6.07, 6.45) is 0.668. The highest BCUT2D eigenvalue weighted by Gasteiger charge is 2.26. The number of methoxy groups -OCH3 is 2. The molecule has 0 aromatic heterocycles. The maximum Gasteiger partial charge on any atom is 0.342 e. The predicted octanol–water partition coefficient (Wildman–Crippen LogP) is 1.42. The van der Waals surface area contributed by atoms with Crippen LogP contribution in [0, 0.1) is 0 Å². The molecule has 80 valence electrons. The van der Waals surface area contributed by atoms with E-state index in [1.54, 1.807) is 19.2 Å². The van der Waals surface area contributed by atoms with Crippen LogP contribution in [0.15, 0.2) is 12.1 Å². The number of cyclic esters (lactones) is 1. The lowest BCUT2D eigenvalue weighted by molar-refractivity contribution is 0.0473. The van der Waals surface area contributed by atoms with Crippen LogP contribution in [-0.2, 0) is 11.2 Å². The molecule has 0 atom stereocenters. The number of fused-ring (bicyclic) bond motifs is 1. The topological polar surface area (TPSA) is 44.8 Å². The van der Waals surface area contributed by atoms with E-state index in [1.807, 2.05) is 0 Å². The molecule has 0 bridgehead atoms. The lowest BCUT2D eigenvalue weighted by Gasteiger charge is -2.20. The molecule has 0 saturated heterocycles. The highest BCUT2D eigenvalue weighted by atomic mass is 16.5. The fourth-order valence-electron chi connectivity index (χ4n) is 1.76. The summed E-state index contributed by atoms with van der Waals surface area (Å²) in [6.45, 7) is 0.398. The standard InChI is InChI=1S/C11H12O4/c1-13-8-3-4-9(14-2)10-7(8)5-6-15-11(10)12/h3-4H,5-6H2,1-2H3. The zero-order valence-corrected chi connectivity index (χ0v) is 8.70. The van der Waals surface area contributed by atoms with Crippen molar-refractivity contribution in [3.8, 4) is 11.5 Å². The van der Waals surface area contributed by atoms with Crippen LogP contribution in [0.3, 0.4) is 0 Å². The molecule has 2 rings (SSSR count). The van der Waals surface area contributed by atoms with E-state index >= 15 is 0 Å². The smallest absolute Gasteiger partial charge is 0.342 e. The quantitative estimate of drug-likeness (QED) is 0.689. The predicted molar refractivity (Wildman–Crippen MR) is 53.5 cm³/mol. The van der Waals surface area contributed by atoms with Crippen LogP contribution in [0.1, 0.15) is 15.9 Å². The third-order valence-corrected chi connectivity index (χ3v) is 2.46. The Morgan fingerprint density at radius 1 is 1.20 bits per heavy atom. The van der Waals surface area contributed by atoms with Gasteiger partial charge in [0.25, 0.3) is 0 Å². The average molecular weight is 208 g/mol. The van der Waals surface area contributed by atoms with Crippen LogP contribution >= 0.6 is 0 Å². The van der Waals surface area contributed by atoms with Gasteiger partial charge in [-0.3, -0.25) is 0 Å². The summed E-state index contributed by atoms with van der Waals surface area (Å²) in [5.74, 6) is 0.907. The fourth-order valence-corrected chi connectivity index (χ4v) is 1.76. The molecule has 1 aromatic rings. The van der Waals surface area contributed by atoms with Gasteiger partial charge in [0.05, 0.1) is 20.8 Å². The van der Waals surface area contributed by atoms with Crippen LogP contribution < -0.4 is 9.47 Å². The van der Waals surface area contributed by atoms with Gasteiger partial charge < -0.3 is 14.2 Å². The van der Waals surface area contributed by atoms with Gasteiger partial charge in [0.15, 0.2) is 0 Å². The Balaban J connectivity index is 2.61. The van der Waals surface area contributed by atoms with E-state index in [4.69, 9.17) is 14.2 Å². The van der Waals surface area contributed by atoms with Crippen molar-refractivity contribution < 1.29 is 19.0 Å². The van der Waals surface area contributed by atoms with Crippen molar-refractivity contribution in [1.29, 1.82) is 0 Å². The molecule has 0 amide bonds. The zero-order valence-electron chi connectivity index (χ0n) is 8.70. The summed E-state index contributed by atoms with van der Waals surface area (Å²) in [6, 6.07) is 3.51. The normalized spacial score (nSPS) is 14.1. The highest BCUT2D eigenvalue weighted by Crippen LogP contribution is 2.33. The fraction of sp³-hybridized carbons (Fsp3) is 0.364. The number of esters is 1. The minimum absolute atomic E-state index is 0.341. The Bertz CT molecular complexity index is 398.